The second kappa shape index (κ2) is 2.89. The molecule has 1 nitrogen and oxygen atoms in total. The molecule has 1 heteroatoms. The van der Waals surface area contributed by atoms with Crippen LogP contribution in [0.15, 0.2) is 24.5 Å². The first kappa shape index (κ1) is 7.78. The van der Waals surface area contributed by atoms with Crippen LogP contribution in [0.25, 0.3) is 0 Å². The molecule has 1 fully saturated rings. The fraction of sp³-hybridized carbons (Fsp3) is 0.455. The van der Waals surface area contributed by atoms with Crippen LogP contribution in [0.3, 0.4) is 0 Å². The summed E-state index contributed by atoms with van der Waals surface area (Å²) in [4.78, 5) is 4.13. The lowest BCUT2D eigenvalue weighted by molar-refractivity contribution is 0.551. The minimum Gasteiger partial charge on any atom is -0.264 e. The molecule has 1 aliphatic rings. The van der Waals surface area contributed by atoms with Crippen LogP contribution in [0.1, 0.15) is 31.2 Å². The van der Waals surface area contributed by atoms with E-state index in [1.54, 1.807) is 0 Å². The zero-order valence-corrected chi connectivity index (χ0v) is 7.29. The average Bonchev–Trinajstić information content (AvgIpc) is 2.55. The number of hydrogen-bond acceptors (Lipinski definition) is 1. The summed E-state index contributed by atoms with van der Waals surface area (Å²) in [6.45, 7) is 4.30. The van der Waals surface area contributed by atoms with Crippen molar-refractivity contribution in [2.24, 2.45) is 0 Å². The van der Waals surface area contributed by atoms with Crippen LogP contribution in [0, 0.1) is 6.92 Å². The minimum absolute atomic E-state index is 0.175. The van der Waals surface area contributed by atoms with E-state index in [1.807, 2.05) is 18.5 Å². The zero-order valence-electron chi connectivity index (χ0n) is 7.29. The van der Waals surface area contributed by atoms with Gasteiger partial charge in [0.2, 0.25) is 0 Å². The molecule has 0 unspecified atom stereocenters. The highest BCUT2D eigenvalue weighted by Crippen LogP contribution is 2.39. The van der Waals surface area contributed by atoms with Crippen molar-refractivity contribution in [1.82, 2.24) is 4.98 Å². The standard InChI is InChI=1S/C11H14N/c1-11(6-2-3-7-11)10-5-4-8-12-9-10/h4-5,8-9H,1-3,6-7H2. The summed E-state index contributed by atoms with van der Waals surface area (Å²) in [6.07, 6.45) is 8.86. The van der Waals surface area contributed by atoms with Crippen molar-refractivity contribution in [3.63, 3.8) is 0 Å². The Morgan fingerprint density at radius 3 is 2.67 bits per heavy atom. The van der Waals surface area contributed by atoms with Crippen LogP contribution in [-0.4, -0.2) is 4.98 Å². The fourth-order valence-electron chi connectivity index (χ4n) is 2.02. The van der Waals surface area contributed by atoms with Crippen molar-refractivity contribution in [1.29, 1.82) is 0 Å². The Morgan fingerprint density at radius 1 is 1.33 bits per heavy atom. The van der Waals surface area contributed by atoms with E-state index in [4.69, 9.17) is 0 Å². The van der Waals surface area contributed by atoms with Crippen molar-refractivity contribution in [2.45, 2.75) is 31.1 Å². The molecule has 63 valence electrons. The average molecular weight is 160 g/mol. The molecule has 0 N–H and O–H groups in total. The number of rotatable bonds is 1. The Bertz CT molecular complexity index is 247. The quantitative estimate of drug-likeness (QED) is 0.615. The summed E-state index contributed by atoms with van der Waals surface area (Å²) in [6, 6.07) is 4.14. The lowest BCUT2D eigenvalue weighted by atomic mass is 9.82. The maximum absolute atomic E-state index is 4.30. The first-order valence-electron chi connectivity index (χ1n) is 4.57. The maximum Gasteiger partial charge on any atom is 0.0305 e. The highest BCUT2D eigenvalue weighted by Gasteiger charge is 2.30. The van der Waals surface area contributed by atoms with Gasteiger partial charge in [-0.3, -0.25) is 4.98 Å². The van der Waals surface area contributed by atoms with Crippen LogP contribution >= 0.6 is 0 Å². The van der Waals surface area contributed by atoms with Gasteiger partial charge in [0.1, 0.15) is 0 Å². The monoisotopic (exact) mass is 160 g/mol. The summed E-state index contributed by atoms with van der Waals surface area (Å²) in [7, 11) is 0. The van der Waals surface area contributed by atoms with E-state index in [2.05, 4.69) is 18.0 Å². The molecule has 0 aliphatic heterocycles. The Balaban J connectivity index is 2.29. The summed E-state index contributed by atoms with van der Waals surface area (Å²) < 4.78 is 0. The van der Waals surface area contributed by atoms with Crippen molar-refractivity contribution < 1.29 is 0 Å². The Hall–Kier alpha value is -0.850. The third kappa shape index (κ3) is 1.24. The van der Waals surface area contributed by atoms with E-state index < -0.39 is 0 Å². The molecule has 1 aromatic rings. The van der Waals surface area contributed by atoms with Gasteiger partial charge in [-0.25, -0.2) is 0 Å². The largest absolute Gasteiger partial charge is 0.264 e. The van der Waals surface area contributed by atoms with E-state index >= 15 is 0 Å². The first-order chi connectivity index (χ1) is 5.81. The molecule has 1 radical (unpaired) electrons. The van der Waals surface area contributed by atoms with Gasteiger partial charge in [-0.05, 0) is 36.8 Å². The highest BCUT2D eigenvalue weighted by atomic mass is 14.6. The van der Waals surface area contributed by atoms with E-state index in [0.29, 0.717) is 0 Å². The number of hydrogen-bond donors (Lipinski definition) is 0. The van der Waals surface area contributed by atoms with Crippen molar-refractivity contribution in [3.05, 3.63) is 37.0 Å². The van der Waals surface area contributed by atoms with Crippen molar-refractivity contribution in [2.75, 3.05) is 0 Å². The molecule has 1 saturated carbocycles. The van der Waals surface area contributed by atoms with Crippen LogP contribution in [-0.2, 0) is 5.41 Å². The molecule has 1 heterocycles. The molecular formula is C11H14N. The van der Waals surface area contributed by atoms with E-state index in [9.17, 15) is 0 Å². The summed E-state index contributed by atoms with van der Waals surface area (Å²) in [5, 5.41) is 0. The molecule has 0 aromatic carbocycles. The summed E-state index contributed by atoms with van der Waals surface area (Å²) in [5.41, 5.74) is 1.48. The van der Waals surface area contributed by atoms with Gasteiger partial charge in [0.15, 0.2) is 0 Å². The van der Waals surface area contributed by atoms with Gasteiger partial charge in [-0.2, -0.15) is 0 Å². The fourth-order valence-corrected chi connectivity index (χ4v) is 2.02. The van der Waals surface area contributed by atoms with Gasteiger partial charge >= 0.3 is 0 Å². The van der Waals surface area contributed by atoms with E-state index in [-0.39, 0.29) is 5.41 Å². The predicted molar refractivity (Wildman–Crippen MR) is 49.7 cm³/mol. The molecule has 0 bridgehead atoms. The van der Waals surface area contributed by atoms with Crippen LogP contribution in [0.2, 0.25) is 0 Å². The topological polar surface area (TPSA) is 12.9 Å². The van der Waals surface area contributed by atoms with Crippen molar-refractivity contribution in [3.8, 4) is 0 Å². The first-order valence-corrected chi connectivity index (χ1v) is 4.57. The molecule has 0 saturated heterocycles. The highest BCUT2D eigenvalue weighted by molar-refractivity contribution is 5.24. The van der Waals surface area contributed by atoms with Gasteiger partial charge in [-0.15, -0.1) is 0 Å². The van der Waals surface area contributed by atoms with Gasteiger partial charge in [0, 0.05) is 12.4 Å². The molecule has 1 aliphatic carbocycles. The second-order valence-corrected chi connectivity index (χ2v) is 3.73. The molecule has 0 atom stereocenters. The third-order valence-corrected chi connectivity index (χ3v) is 2.83. The minimum atomic E-state index is 0.175. The van der Waals surface area contributed by atoms with E-state index in [1.165, 1.54) is 31.2 Å². The Labute approximate surface area is 73.8 Å². The molecular weight excluding hydrogens is 146 g/mol. The lowest BCUT2D eigenvalue weighted by Gasteiger charge is -2.22. The Morgan fingerprint density at radius 2 is 2.08 bits per heavy atom. The molecule has 2 rings (SSSR count). The summed E-state index contributed by atoms with van der Waals surface area (Å²) >= 11 is 0. The van der Waals surface area contributed by atoms with Crippen molar-refractivity contribution >= 4 is 0 Å². The van der Waals surface area contributed by atoms with Gasteiger partial charge < -0.3 is 0 Å². The van der Waals surface area contributed by atoms with Crippen LogP contribution in [0.4, 0.5) is 0 Å². The number of aromatic nitrogens is 1. The van der Waals surface area contributed by atoms with E-state index in [0.717, 1.165) is 0 Å². The lowest BCUT2D eigenvalue weighted by Crippen LogP contribution is -2.16. The third-order valence-electron chi connectivity index (χ3n) is 2.83. The number of nitrogens with zero attached hydrogens (tertiary/aromatic N) is 1. The zero-order chi connectivity index (χ0) is 8.44. The normalized spacial score (nSPS) is 21.1. The second-order valence-electron chi connectivity index (χ2n) is 3.73. The van der Waals surface area contributed by atoms with Crippen LogP contribution < -0.4 is 0 Å². The maximum atomic E-state index is 4.30. The molecule has 1 aromatic heterocycles. The SMILES string of the molecule is [CH2]C1(c2cccnc2)CCCC1. The summed E-state index contributed by atoms with van der Waals surface area (Å²) in [5.74, 6) is 0. The smallest absolute Gasteiger partial charge is 0.0305 e. The van der Waals surface area contributed by atoms with Crippen LogP contribution in [0.5, 0.6) is 0 Å². The molecule has 0 amide bonds. The number of pyridine rings is 1. The molecule has 12 heavy (non-hydrogen) atoms. The molecule has 0 spiro atoms. The van der Waals surface area contributed by atoms with Gasteiger partial charge in [0.05, 0.1) is 0 Å². The predicted octanol–water partition coefficient (Wildman–Crippen LogP) is 2.73. The van der Waals surface area contributed by atoms with Gasteiger partial charge in [0.25, 0.3) is 0 Å². The van der Waals surface area contributed by atoms with Gasteiger partial charge in [-0.1, -0.05) is 18.9 Å². The Kier molecular flexibility index (Phi) is 1.87.